The summed E-state index contributed by atoms with van der Waals surface area (Å²) in [5, 5.41) is 16.4. The number of fused-ring (bicyclic) bond motifs is 1. The molecule has 0 spiro atoms. The number of carbonyl (C=O) groups is 2. The van der Waals surface area contributed by atoms with Gasteiger partial charge in [-0.05, 0) is 52.8 Å². The van der Waals surface area contributed by atoms with Gasteiger partial charge in [0.25, 0.3) is 10.0 Å². The minimum absolute atomic E-state index is 0.0364. The molecule has 3 atom stereocenters. The van der Waals surface area contributed by atoms with E-state index in [1.165, 1.54) is 18.7 Å². The van der Waals surface area contributed by atoms with Gasteiger partial charge in [0.05, 0.1) is 25.6 Å². The van der Waals surface area contributed by atoms with Crippen molar-refractivity contribution >= 4 is 27.6 Å². The number of amides is 3. The van der Waals surface area contributed by atoms with Crippen LogP contribution in [0, 0.1) is 19.8 Å². The van der Waals surface area contributed by atoms with Gasteiger partial charge in [-0.1, -0.05) is 12.1 Å². The Morgan fingerprint density at radius 1 is 1.28 bits per heavy atom. The van der Waals surface area contributed by atoms with E-state index in [2.05, 4.69) is 15.2 Å². The van der Waals surface area contributed by atoms with E-state index in [1.807, 2.05) is 20.8 Å². The number of benzene rings is 1. The van der Waals surface area contributed by atoms with Crippen LogP contribution in [0.25, 0.3) is 0 Å². The third kappa shape index (κ3) is 7.21. The highest BCUT2D eigenvalue weighted by atomic mass is 32.2. The van der Waals surface area contributed by atoms with Crippen LogP contribution in [0.2, 0.25) is 0 Å². The Morgan fingerprint density at radius 2 is 1.97 bits per heavy atom. The first kappa shape index (κ1) is 30.2. The lowest BCUT2D eigenvalue weighted by Gasteiger charge is -2.34. The number of urea groups is 1. The zero-order valence-corrected chi connectivity index (χ0v) is 24.3. The number of aromatic nitrogens is 1. The Bertz CT molecular complexity index is 1270. The second kappa shape index (κ2) is 12.2. The third-order valence-electron chi connectivity index (χ3n) is 6.62. The molecule has 0 aliphatic carbocycles. The van der Waals surface area contributed by atoms with Crippen molar-refractivity contribution in [2.75, 3.05) is 31.5 Å². The maximum atomic E-state index is 13.4. The third-order valence-corrected chi connectivity index (χ3v) is 8.24. The summed E-state index contributed by atoms with van der Waals surface area (Å²) in [6.45, 7) is 10.8. The van der Waals surface area contributed by atoms with Gasteiger partial charge in [0.1, 0.15) is 17.5 Å². The van der Waals surface area contributed by atoms with E-state index in [9.17, 15) is 23.1 Å². The van der Waals surface area contributed by atoms with Crippen molar-refractivity contribution in [2.45, 2.75) is 71.0 Å². The van der Waals surface area contributed by atoms with Crippen LogP contribution >= 0.6 is 0 Å². The summed E-state index contributed by atoms with van der Waals surface area (Å²) in [7, 11) is -2.33. The molecule has 2 aromatic rings. The van der Waals surface area contributed by atoms with Gasteiger partial charge in [-0.25, -0.2) is 13.2 Å². The number of nitrogens with one attached hydrogen (secondary N) is 2. The number of aryl methyl sites for hydroxylation is 2. The summed E-state index contributed by atoms with van der Waals surface area (Å²) < 4.78 is 40.1. The van der Waals surface area contributed by atoms with Crippen LogP contribution in [0.5, 0.6) is 5.75 Å². The molecule has 3 amide bonds. The SMILES string of the molecule is Cc1noc(C)c1S(=O)(=O)Nc1ccc2c(c1)CC(=O)N([C@@H](C)CO)C[C@@H](C)[C@H](CN(C)C(=O)NC(C)C)O2. The Labute approximate surface area is 229 Å². The number of hydrogen-bond acceptors (Lipinski definition) is 8. The van der Waals surface area contributed by atoms with E-state index in [-0.39, 0.29) is 65.5 Å². The van der Waals surface area contributed by atoms with Crippen molar-refractivity contribution in [3.05, 3.63) is 35.2 Å². The van der Waals surface area contributed by atoms with Crippen molar-refractivity contribution in [1.29, 1.82) is 0 Å². The second-order valence-corrected chi connectivity index (χ2v) is 12.1. The first-order valence-corrected chi connectivity index (χ1v) is 14.4. The van der Waals surface area contributed by atoms with E-state index >= 15 is 0 Å². The molecule has 0 fully saturated rings. The number of hydrogen-bond donors (Lipinski definition) is 3. The van der Waals surface area contributed by atoms with Gasteiger partial charge in [0.2, 0.25) is 5.91 Å². The molecule has 1 aliphatic heterocycles. The van der Waals surface area contributed by atoms with Gasteiger partial charge in [-0.3, -0.25) is 9.52 Å². The van der Waals surface area contributed by atoms with Gasteiger partial charge in [-0.2, -0.15) is 0 Å². The van der Waals surface area contributed by atoms with Crippen LogP contribution in [0.15, 0.2) is 27.6 Å². The predicted octanol–water partition coefficient (Wildman–Crippen LogP) is 2.29. The van der Waals surface area contributed by atoms with Crippen LogP contribution in [0.4, 0.5) is 10.5 Å². The summed E-state index contributed by atoms with van der Waals surface area (Å²) in [5.41, 5.74) is 0.948. The molecule has 39 heavy (non-hydrogen) atoms. The maximum Gasteiger partial charge on any atom is 0.317 e. The number of anilines is 1. The van der Waals surface area contributed by atoms with Crippen molar-refractivity contribution in [3.8, 4) is 5.75 Å². The second-order valence-electron chi connectivity index (χ2n) is 10.5. The number of ether oxygens (including phenoxy) is 1. The van der Waals surface area contributed by atoms with Crippen LogP contribution in [0.3, 0.4) is 0 Å². The molecule has 0 saturated heterocycles. The standard InChI is InChI=1S/C26H39N5O7S/c1-15(2)27-26(34)30(7)13-23-16(3)12-31(17(4)14-32)24(33)11-20-10-21(8-9-22(20)37-23)29-39(35,36)25-18(5)28-38-19(25)6/h8-10,15-17,23,29,32H,11-14H2,1-7H3,(H,27,34)/t16-,17+,23+/m1/s1. The lowest BCUT2D eigenvalue weighted by atomic mass is 10.0. The Hall–Kier alpha value is -3.32. The zero-order chi connectivity index (χ0) is 29.1. The minimum Gasteiger partial charge on any atom is -0.488 e. The van der Waals surface area contributed by atoms with Crippen molar-refractivity contribution in [2.24, 2.45) is 5.92 Å². The van der Waals surface area contributed by atoms with E-state index < -0.39 is 22.2 Å². The molecule has 13 heteroatoms. The monoisotopic (exact) mass is 565 g/mol. The summed E-state index contributed by atoms with van der Waals surface area (Å²) >= 11 is 0. The highest BCUT2D eigenvalue weighted by Crippen LogP contribution is 2.31. The molecule has 3 N–H and O–H groups in total. The van der Waals surface area contributed by atoms with Gasteiger partial charge < -0.3 is 29.5 Å². The van der Waals surface area contributed by atoms with Gasteiger partial charge >= 0.3 is 6.03 Å². The quantitative estimate of drug-likeness (QED) is 0.441. The fourth-order valence-corrected chi connectivity index (χ4v) is 5.87. The number of rotatable bonds is 8. The van der Waals surface area contributed by atoms with E-state index in [0.29, 0.717) is 17.9 Å². The molecule has 1 aliphatic rings. The molecular formula is C26H39N5O7S. The average Bonchev–Trinajstić information content (AvgIpc) is 3.21. The fraction of sp³-hybridized carbons (Fsp3) is 0.577. The normalized spacial score (nSPS) is 18.9. The molecule has 12 nitrogen and oxygen atoms in total. The molecule has 2 heterocycles. The van der Waals surface area contributed by atoms with Crippen molar-refractivity contribution in [3.63, 3.8) is 0 Å². The molecule has 1 aromatic carbocycles. The Kier molecular flexibility index (Phi) is 9.49. The lowest BCUT2D eigenvalue weighted by Crippen LogP contribution is -2.49. The topological polar surface area (TPSA) is 154 Å². The maximum absolute atomic E-state index is 13.4. The number of carbonyl (C=O) groups excluding carboxylic acids is 2. The number of aliphatic hydroxyl groups is 1. The minimum atomic E-state index is -4.00. The summed E-state index contributed by atoms with van der Waals surface area (Å²) in [4.78, 5) is 29.1. The number of aliphatic hydroxyl groups excluding tert-OH is 1. The first-order chi connectivity index (χ1) is 18.2. The molecule has 0 bridgehead atoms. The predicted molar refractivity (Wildman–Crippen MR) is 145 cm³/mol. The number of nitrogens with zero attached hydrogens (tertiary/aromatic N) is 3. The molecule has 0 saturated carbocycles. The van der Waals surface area contributed by atoms with E-state index in [1.54, 1.807) is 37.1 Å². The molecule has 3 rings (SSSR count). The number of sulfonamides is 1. The van der Waals surface area contributed by atoms with Crippen molar-refractivity contribution < 1.29 is 32.4 Å². The lowest BCUT2D eigenvalue weighted by molar-refractivity contribution is -0.134. The Morgan fingerprint density at radius 3 is 2.56 bits per heavy atom. The average molecular weight is 566 g/mol. The largest absolute Gasteiger partial charge is 0.488 e. The van der Waals surface area contributed by atoms with E-state index in [0.717, 1.165) is 0 Å². The van der Waals surface area contributed by atoms with Gasteiger partial charge in [0, 0.05) is 36.8 Å². The molecule has 216 valence electrons. The van der Waals surface area contributed by atoms with Gasteiger partial charge in [0.15, 0.2) is 10.7 Å². The molecule has 0 radical (unpaired) electrons. The van der Waals surface area contributed by atoms with Gasteiger partial charge in [-0.15, -0.1) is 0 Å². The summed E-state index contributed by atoms with van der Waals surface area (Å²) in [6.07, 6.45) is -0.556. The molecular weight excluding hydrogens is 526 g/mol. The van der Waals surface area contributed by atoms with E-state index in [4.69, 9.17) is 9.26 Å². The van der Waals surface area contributed by atoms with Crippen LogP contribution in [-0.2, 0) is 21.2 Å². The number of likely N-dealkylation sites (N-methyl/N-ethyl adjacent to an activating group) is 1. The van der Waals surface area contributed by atoms with Crippen molar-refractivity contribution in [1.82, 2.24) is 20.3 Å². The Balaban J connectivity index is 1.98. The van der Waals surface area contributed by atoms with Crippen LogP contribution in [0.1, 0.15) is 44.7 Å². The van der Waals surface area contributed by atoms with Crippen LogP contribution < -0.4 is 14.8 Å². The highest BCUT2D eigenvalue weighted by molar-refractivity contribution is 7.92. The first-order valence-electron chi connectivity index (χ1n) is 12.9. The summed E-state index contributed by atoms with van der Waals surface area (Å²) in [6, 6.07) is 4.01. The fourth-order valence-electron chi connectivity index (χ4n) is 4.49. The zero-order valence-electron chi connectivity index (χ0n) is 23.5. The smallest absolute Gasteiger partial charge is 0.317 e. The molecule has 0 unspecified atom stereocenters. The van der Waals surface area contributed by atoms with Crippen LogP contribution in [-0.4, -0.2) is 85.4 Å². The summed E-state index contributed by atoms with van der Waals surface area (Å²) in [5.74, 6) is 0.153. The molecule has 1 aromatic heterocycles. The highest BCUT2D eigenvalue weighted by Gasteiger charge is 2.32.